The van der Waals surface area contributed by atoms with E-state index in [0.29, 0.717) is 40.3 Å². The fourth-order valence-electron chi connectivity index (χ4n) is 5.71. The molecule has 1 fully saturated rings. The van der Waals surface area contributed by atoms with Gasteiger partial charge in [0.05, 0.1) is 39.7 Å². The molecule has 0 radical (unpaired) electrons. The fourth-order valence-corrected chi connectivity index (χ4v) is 5.71. The Labute approximate surface area is 231 Å². The molecule has 0 aliphatic carbocycles. The van der Waals surface area contributed by atoms with E-state index in [9.17, 15) is 10.1 Å². The number of piperazine rings is 1. The number of rotatable bonds is 4. The summed E-state index contributed by atoms with van der Waals surface area (Å²) in [5, 5.41) is 22.5. The van der Waals surface area contributed by atoms with Gasteiger partial charge in [0.1, 0.15) is 11.9 Å². The van der Waals surface area contributed by atoms with Gasteiger partial charge in [0.15, 0.2) is 5.65 Å². The van der Waals surface area contributed by atoms with Gasteiger partial charge in [-0.3, -0.25) is 10.1 Å². The molecular weight excluding hydrogens is 502 g/mol. The molecule has 0 unspecified atom stereocenters. The highest BCUT2D eigenvalue weighted by atomic mass is 16.1. The van der Waals surface area contributed by atoms with Crippen LogP contribution in [-0.2, 0) is 0 Å². The molecule has 1 aromatic carbocycles. The molecule has 6 rings (SSSR count). The van der Waals surface area contributed by atoms with Gasteiger partial charge in [-0.05, 0) is 56.0 Å². The smallest absolute Gasteiger partial charge is 0.351 e. The molecule has 202 valence electrons. The summed E-state index contributed by atoms with van der Waals surface area (Å²) in [6.07, 6.45) is 3.52. The molecule has 0 saturated carbocycles. The summed E-state index contributed by atoms with van der Waals surface area (Å²) in [5.41, 5.74) is 5.92. The first-order chi connectivity index (χ1) is 19.3. The molecule has 0 spiro atoms. The van der Waals surface area contributed by atoms with Crippen LogP contribution in [0.3, 0.4) is 0 Å². The number of pyridine rings is 2. The van der Waals surface area contributed by atoms with Gasteiger partial charge >= 0.3 is 5.69 Å². The van der Waals surface area contributed by atoms with E-state index >= 15 is 0 Å². The second-order valence-corrected chi connectivity index (χ2v) is 10.8. The van der Waals surface area contributed by atoms with Gasteiger partial charge < -0.3 is 10.2 Å². The van der Waals surface area contributed by atoms with E-state index in [4.69, 9.17) is 4.98 Å². The van der Waals surface area contributed by atoms with Crippen LogP contribution in [0.25, 0.3) is 38.9 Å². The molecule has 40 heavy (non-hydrogen) atoms. The average Bonchev–Trinajstić information content (AvgIpc) is 3.41. The Morgan fingerprint density at radius 2 is 1.95 bits per heavy atom. The quantitative estimate of drug-likeness (QED) is 0.353. The fraction of sp³-hybridized carbons (Fsp3) is 0.333. The third-order valence-corrected chi connectivity index (χ3v) is 7.74. The number of aromatic amines is 1. The first-order valence-electron chi connectivity index (χ1n) is 13.5. The van der Waals surface area contributed by atoms with Crippen LogP contribution in [0, 0.1) is 25.2 Å². The van der Waals surface area contributed by atoms with Crippen LogP contribution in [0.4, 0.5) is 5.82 Å². The van der Waals surface area contributed by atoms with Crippen molar-refractivity contribution < 1.29 is 0 Å². The van der Waals surface area contributed by atoms with Crippen molar-refractivity contribution in [2.24, 2.45) is 0 Å². The molecule has 1 atom stereocenters. The number of hydrogen-bond donors (Lipinski definition) is 2. The van der Waals surface area contributed by atoms with Crippen LogP contribution in [-0.4, -0.2) is 55.4 Å². The molecule has 5 aromatic rings. The SMILES string of the molecule is Cc1ccnc(C(C)C)c1-n1c(=O)nc(N2CCNC[C@@H]2C)c2cc(C#N)c(-c3c(C)ccc4[nH]ncc34)nc21. The van der Waals surface area contributed by atoms with Gasteiger partial charge in [0.2, 0.25) is 0 Å². The third-order valence-electron chi connectivity index (χ3n) is 7.74. The van der Waals surface area contributed by atoms with E-state index in [1.54, 1.807) is 17.0 Å². The molecule has 10 nitrogen and oxygen atoms in total. The molecular formula is C30H31N9O. The number of aryl methyl sites for hydroxylation is 2. The largest absolute Gasteiger partial charge is 0.355 e. The first kappa shape index (κ1) is 25.6. The van der Waals surface area contributed by atoms with Gasteiger partial charge in [-0.1, -0.05) is 19.9 Å². The number of nitrogens with one attached hydrogen (secondary N) is 2. The van der Waals surface area contributed by atoms with Crippen molar-refractivity contribution in [3.8, 4) is 23.0 Å². The third kappa shape index (κ3) is 4.01. The Bertz CT molecular complexity index is 1880. The first-order valence-corrected chi connectivity index (χ1v) is 13.5. The van der Waals surface area contributed by atoms with Gasteiger partial charge in [0, 0.05) is 42.8 Å². The highest BCUT2D eigenvalue weighted by molar-refractivity contribution is 5.99. The number of H-pyrrole nitrogens is 1. The highest BCUT2D eigenvalue weighted by Gasteiger charge is 2.27. The van der Waals surface area contributed by atoms with E-state index in [-0.39, 0.29) is 12.0 Å². The van der Waals surface area contributed by atoms with Gasteiger partial charge in [-0.25, -0.2) is 14.3 Å². The van der Waals surface area contributed by atoms with Crippen LogP contribution in [0.2, 0.25) is 0 Å². The lowest BCUT2D eigenvalue weighted by Crippen LogP contribution is -2.50. The Hall–Kier alpha value is -4.62. The second-order valence-electron chi connectivity index (χ2n) is 10.8. The topological polar surface area (TPSA) is 128 Å². The van der Waals surface area contributed by atoms with E-state index in [0.717, 1.165) is 46.4 Å². The number of nitrogens with zero attached hydrogens (tertiary/aromatic N) is 7. The van der Waals surface area contributed by atoms with Crippen LogP contribution in [0.5, 0.6) is 0 Å². The summed E-state index contributed by atoms with van der Waals surface area (Å²) in [6, 6.07) is 10.2. The van der Waals surface area contributed by atoms with E-state index in [1.807, 2.05) is 38.1 Å². The van der Waals surface area contributed by atoms with Gasteiger partial charge in [0.25, 0.3) is 0 Å². The number of benzene rings is 1. The van der Waals surface area contributed by atoms with Crippen LogP contribution in [0.15, 0.2) is 41.5 Å². The number of hydrogen-bond acceptors (Lipinski definition) is 8. The molecule has 1 aliphatic rings. The van der Waals surface area contributed by atoms with Crippen molar-refractivity contribution in [2.75, 3.05) is 24.5 Å². The number of nitriles is 1. The van der Waals surface area contributed by atoms with E-state index < -0.39 is 5.69 Å². The molecule has 0 bridgehead atoms. The molecule has 0 amide bonds. The van der Waals surface area contributed by atoms with Crippen molar-refractivity contribution >= 4 is 27.8 Å². The summed E-state index contributed by atoms with van der Waals surface area (Å²) in [5.74, 6) is 0.608. The summed E-state index contributed by atoms with van der Waals surface area (Å²) in [7, 11) is 0. The molecule has 10 heteroatoms. The van der Waals surface area contributed by atoms with Crippen molar-refractivity contribution in [1.82, 2.24) is 35.0 Å². The van der Waals surface area contributed by atoms with Crippen molar-refractivity contribution in [3.63, 3.8) is 0 Å². The molecule has 1 aliphatic heterocycles. The minimum absolute atomic E-state index is 0.0597. The summed E-state index contributed by atoms with van der Waals surface area (Å²) in [4.78, 5) is 30.6. The second kappa shape index (κ2) is 9.84. The van der Waals surface area contributed by atoms with Crippen molar-refractivity contribution in [2.45, 2.75) is 46.6 Å². The zero-order valence-electron chi connectivity index (χ0n) is 23.3. The number of fused-ring (bicyclic) bond motifs is 2. The Morgan fingerprint density at radius 3 is 2.70 bits per heavy atom. The Kier molecular flexibility index (Phi) is 6.31. The maximum Gasteiger partial charge on any atom is 0.355 e. The summed E-state index contributed by atoms with van der Waals surface area (Å²) >= 11 is 0. The Balaban J connectivity index is 1.78. The molecule has 2 N–H and O–H groups in total. The molecule has 4 aromatic heterocycles. The molecule has 5 heterocycles. The predicted octanol–water partition coefficient (Wildman–Crippen LogP) is 4.13. The van der Waals surface area contributed by atoms with Crippen molar-refractivity contribution in [3.05, 3.63) is 69.5 Å². The summed E-state index contributed by atoms with van der Waals surface area (Å²) in [6.45, 7) is 12.4. The lowest BCUT2D eigenvalue weighted by Gasteiger charge is -2.35. The predicted molar refractivity (Wildman–Crippen MR) is 156 cm³/mol. The van der Waals surface area contributed by atoms with Crippen LogP contribution in [0.1, 0.15) is 49.1 Å². The van der Waals surface area contributed by atoms with E-state index in [1.165, 1.54) is 0 Å². The van der Waals surface area contributed by atoms with Crippen LogP contribution >= 0.6 is 0 Å². The maximum absolute atomic E-state index is 14.0. The highest BCUT2D eigenvalue weighted by Crippen LogP contribution is 2.36. The lowest BCUT2D eigenvalue weighted by molar-refractivity contribution is 0.497. The van der Waals surface area contributed by atoms with E-state index in [2.05, 4.69) is 57.2 Å². The van der Waals surface area contributed by atoms with Gasteiger partial charge in [-0.2, -0.15) is 15.3 Å². The standard InChI is InChI=1S/C30H31N9O/c1-16(2)25-27(18(4)8-9-33-25)39-29-21(28(36-30(39)40)38-11-10-32-14-19(38)5)12-20(13-31)26(35-29)24-17(3)6-7-23-22(24)15-34-37-23/h6-9,12,15-16,19,32H,10-11,14H2,1-5H3,(H,34,37)/t19-/m0/s1. The molecule has 1 saturated heterocycles. The average molecular weight is 534 g/mol. The Morgan fingerprint density at radius 1 is 1.12 bits per heavy atom. The summed E-state index contributed by atoms with van der Waals surface area (Å²) < 4.78 is 1.58. The van der Waals surface area contributed by atoms with Gasteiger partial charge in [-0.15, -0.1) is 0 Å². The number of aromatic nitrogens is 6. The minimum Gasteiger partial charge on any atom is -0.351 e. The lowest BCUT2D eigenvalue weighted by atomic mass is 9.97. The normalized spacial score (nSPS) is 15.7. The van der Waals surface area contributed by atoms with Crippen molar-refractivity contribution in [1.29, 1.82) is 5.26 Å². The number of anilines is 1. The zero-order chi connectivity index (χ0) is 28.1. The maximum atomic E-state index is 14.0. The zero-order valence-corrected chi connectivity index (χ0v) is 23.3. The monoisotopic (exact) mass is 533 g/mol. The minimum atomic E-state index is -0.423. The van der Waals surface area contributed by atoms with Crippen LogP contribution < -0.4 is 15.9 Å².